The summed E-state index contributed by atoms with van der Waals surface area (Å²) < 4.78 is 0. The summed E-state index contributed by atoms with van der Waals surface area (Å²) in [5.41, 5.74) is 0. The van der Waals surface area contributed by atoms with Crippen molar-refractivity contribution in [1.29, 1.82) is 0 Å². The van der Waals surface area contributed by atoms with Crippen LogP contribution in [0.3, 0.4) is 0 Å². The van der Waals surface area contributed by atoms with Gasteiger partial charge < -0.3 is 5.11 Å². The smallest absolute Gasteiger partial charge is 0.0459 e. The van der Waals surface area contributed by atoms with Gasteiger partial charge in [0.2, 0.25) is 0 Å². The Hall–Kier alpha value is 0.310. The van der Waals surface area contributed by atoms with E-state index in [2.05, 4.69) is 13.2 Å². The summed E-state index contributed by atoms with van der Waals surface area (Å²) in [7, 11) is 0. The van der Waals surface area contributed by atoms with Crippen LogP contribution in [-0.2, 0) is 0 Å². The maximum absolute atomic E-state index is 8.82. The number of thioether (sulfide) groups is 1. The van der Waals surface area contributed by atoms with Crippen molar-refractivity contribution in [2.45, 2.75) is 26.2 Å². The van der Waals surface area contributed by atoms with E-state index in [1.54, 1.807) is 0 Å². The molecule has 0 aromatic rings. The summed E-state index contributed by atoms with van der Waals surface area (Å²) in [6.07, 6.45) is 5.68. The molecular formula is C8H18OS. The average molecular weight is 162 g/mol. The maximum Gasteiger partial charge on any atom is 0.0459 e. The highest BCUT2D eigenvalue weighted by Crippen LogP contribution is 2.11. The molecule has 1 nitrogen and oxygen atoms in total. The molecule has 0 amide bonds. The van der Waals surface area contributed by atoms with E-state index in [0.29, 0.717) is 12.5 Å². The highest BCUT2D eigenvalue weighted by Gasteiger charge is 2.02. The molecule has 0 radical (unpaired) electrons. The Labute approximate surface area is 68.2 Å². The second-order valence-corrected chi connectivity index (χ2v) is 3.58. The predicted octanol–water partition coefficient (Wildman–Crippen LogP) is 2.15. The maximum atomic E-state index is 8.82. The van der Waals surface area contributed by atoms with Crippen LogP contribution >= 0.6 is 11.8 Å². The van der Waals surface area contributed by atoms with E-state index in [4.69, 9.17) is 5.11 Å². The molecular weight excluding hydrogens is 144 g/mol. The minimum absolute atomic E-state index is 0.366. The third kappa shape index (κ3) is 5.12. The molecule has 1 N–H and O–H groups in total. The lowest BCUT2D eigenvalue weighted by atomic mass is 10.0. The quantitative estimate of drug-likeness (QED) is 0.604. The molecule has 62 valence electrons. The van der Waals surface area contributed by atoms with Crippen molar-refractivity contribution in [2.24, 2.45) is 5.92 Å². The lowest BCUT2D eigenvalue weighted by Gasteiger charge is -2.09. The van der Waals surface area contributed by atoms with Crippen LogP contribution in [0.15, 0.2) is 0 Å². The molecule has 0 heterocycles. The highest BCUT2D eigenvalue weighted by molar-refractivity contribution is 7.98. The molecule has 1 unspecified atom stereocenters. The van der Waals surface area contributed by atoms with E-state index in [9.17, 15) is 0 Å². The average Bonchev–Trinajstić information content (AvgIpc) is 1.99. The van der Waals surface area contributed by atoms with E-state index >= 15 is 0 Å². The summed E-state index contributed by atoms with van der Waals surface area (Å²) in [5.74, 6) is 1.78. The Morgan fingerprint density at radius 2 is 2.20 bits per heavy atom. The van der Waals surface area contributed by atoms with Gasteiger partial charge in [0.1, 0.15) is 0 Å². The molecule has 0 aromatic heterocycles. The Morgan fingerprint density at radius 3 is 2.60 bits per heavy atom. The van der Waals surface area contributed by atoms with Gasteiger partial charge in [-0.1, -0.05) is 13.3 Å². The zero-order valence-electron chi connectivity index (χ0n) is 6.97. The molecule has 0 saturated heterocycles. The van der Waals surface area contributed by atoms with Gasteiger partial charge in [0.25, 0.3) is 0 Å². The summed E-state index contributed by atoms with van der Waals surface area (Å²) in [6.45, 7) is 2.50. The van der Waals surface area contributed by atoms with Crippen LogP contribution in [0.1, 0.15) is 26.2 Å². The first kappa shape index (κ1) is 10.3. The van der Waals surface area contributed by atoms with Gasteiger partial charge >= 0.3 is 0 Å². The van der Waals surface area contributed by atoms with Gasteiger partial charge in [-0.3, -0.25) is 0 Å². The van der Waals surface area contributed by atoms with Crippen LogP contribution < -0.4 is 0 Å². The second-order valence-electron chi connectivity index (χ2n) is 2.59. The van der Waals surface area contributed by atoms with Crippen molar-refractivity contribution in [1.82, 2.24) is 0 Å². The summed E-state index contributed by atoms with van der Waals surface area (Å²) in [6, 6.07) is 0. The lowest BCUT2D eigenvalue weighted by Crippen LogP contribution is -2.04. The first-order valence-electron chi connectivity index (χ1n) is 3.95. The van der Waals surface area contributed by atoms with Crippen molar-refractivity contribution < 1.29 is 5.11 Å². The molecule has 0 spiro atoms. The normalized spacial score (nSPS) is 13.5. The first-order chi connectivity index (χ1) is 4.85. The molecule has 0 aliphatic carbocycles. The van der Waals surface area contributed by atoms with Gasteiger partial charge in [0, 0.05) is 6.61 Å². The number of hydrogen-bond donors (Lipinski definition) is 1. The van der Waals surface area contributed by atoms with Crippen LogP contribution in [0.5, 0.6) is 0 Å². The minimum Gasteiger partial charge on any atom is -0.396 e. The SMILES string of the molecule is CCC(CO)CCCSC. The Bertz CT molecular complexity index is 62.3. The fraction of sp³-hybridized carbons (Fsp3) is 1.00. The van der Waals surface area contributed by atoms with Gasteiger partial charge in [-0.2, -0.15) is 11.8 Å². The van der Waals surface area contributed by atoms with E-state index in [0.717, 1.165) is 6.42 Å². The van der Waals surface area contributed by atoms with E-state index < -0.39 is 0 Å². The van der Waals surface area contributed by atoms with Crippen LogP contribution in [0.25, 0.3) is 0 Å². The second kappa shape index (κ2) is 7.42. The molecule has 2 heteroatoms. The summed E-state index contributed by atoms with van der Waals surface area (Å²) in [4.78, 5) is 0. The summed E-state index contributed by atoms with van der Waals surface area (Å²) in [5, 5.41) is 8.82. The Morgan fingerprint density at radius 1 is 1.50 bits per heavy atom. The number of aliphatic hydroxyl groups is 1. The molecule has 0 aromatic carbocycles. The summed E-state index contributed by atoms with van der Waals surface area (Å²) >= 11 is 1.88. The van der Waals surface area contributed by atoms with Gasteiger partial charge in [0.15, 0.2) is 0 Å². The fourth-order valence-electron chi connectivity index (χ4n) is 0.941. The van der Waals surface area contributed by atoms with Crippen molar-refractivity contribution >= 4 is 11.8 Å². The Kier molecular flexibility index (Phi) is 7.65. The lowest BCUT2D eigenvalue weighted by molar-refractivity contribution is 0.214. The van der Waals surface area contributed by atoms with Crippen LogP contribution in [0.2, 0.25) is 0 Å². The molecule has 0 rings (SSSR count). The van der Waals surface area contributed by atoms with Crippen molar-refractivity contribution in [3.8, 4) is 0 Å². The predicted molar refractivity (Wildman–Crippen MR) is 48.5 cm³/mol. The zero-order valence-corrected chi connectivity index (χ0v) is 7.78. The first-order valence-corrected chi connectivity index (χ1v) is 5.34. The van der Waals surface area contributed by atoms with Crippen molar-refractivity contribution in [3.63, 3.8) is 0 Å². The molecule has 0 aliphatic rings. The van der Waals surface area contributed by atoms with E-state index in [1.807, 2.05) is 11.8 Å². The topological polar surface area (TPSA) is 20.2 Å². The fourth-order valence-corrected chi connectivity index (χ4v) is 1.40. The molecule has 10 heavy (non-hydrogen) atoms. The van der Waals surface area contributed by atoms with E-state index in [-0.39, 0.29) is 0 Å². The molecule has 0 aliphatic heterocycles. The third-order valence-electron chi connectivity index (χ3n) is 1.80. The highest BCUT2D eigenvalue weighted by atomic mass is 32.2. The monoisotopic (exact) mass is 162 g/mol. The van der Waals surface area contributed by atoms with Gasteiger partial charge in [-0.05, 0) is 30.8 Å². The number of hydrogen-bond acceptors (Lipinski definition) is 2. The number of aliphatic hydroxyl groups excluding tert-OH is 1. The molecule has 1 atom stereocenters. The van der Waals surface area contributed by atoms with Crippen LogP contribution in [-0.4, -0.2) is 23.7 Å². The van der Waals surface area contributed by atoms with Crippen molar-refractivity contribution in [2.75, 3.05) is 18.6 Å². The molecule has 0 bridgehead atoms. The van der Waals surface area contributed by atoms with Gasteiger partial charge in [-0.15, -0.1) is 0 Å². The van der Waals surface area contributed by atoms with E-state index in [1.165, 1.54) is 18.6 Å². The largest absolute Gasteiger partial charge is 0.396 e. The van der Waals surface area contributed by atoms with Gasteiger partial charge in [0.05, 0.1) is 0 Å². The third-order valence-corrected chi connectivity index (χ3v) is 2.49. The van der Waals surface area contributed by atoms with Crippen LogP contribution in [0, 0.1) is 5.92 Å². The minimum atomic E-state index is 0.366. The van der Waals surface area contributed by atoms with Gasteiger partial charge in [-0.25, -0.2) is 0 Å². The molecule has 0 saturated carbocycles. The zero-order chi connectivity index (χ0) is 7.82. The standard InChI is InChI=1S/C8H18OS/c1-3-8(7-9)5-4-6-10-2/h8-9H,3-7H2,1-2H3. The Balaban J connectivity index is 3.09. The number of rotatable bonds is 6. The van der Waals surface area contributed by atoms with Crippen molar-refractivity contribution in [3.05, 3.63) is 0 Å². The molecule has 0 fully saturated rings. The van der Waals surface area contributed by atoms with Crippen LogP contribution in [0.4, 0.5) is 0 Å².